The quantitative estimate of drug-likeness (QED) is 0.578. The van der Waals surface area contributed by atoms with Gasteiger partial charge in [-0.15, -0.1) is 0 Å². The van der Waals surface area contributed by atoms with E-state index in [-0.39, 0.29) is 11.6 Å². The largest absolute Gasteiger partial charge is 0.378 e. The van der Waals surface area contributed by atoms with E-state index >= 15 is 0 Å². The van der Waals surface area contributed by atoms with Gasteiger partial charge < -0.3 is 14.6 Å². The van der Waals surface area contributed by atoms with Crippen molar-refractivity contribution >= 4 is 28.2 Å². The molecule has 0 amide bonds. The fraction of sp³-hybridized carbons (Fsp3) is 0.211. The van der Waals surface area contributed by atoms with Crippen LogP contribution in [0.4, 0.5) is 5.69 Å². The zero-order valence-electron chi connectivity index (χ0n) is 13.4. The van der Waals surface area contributed by atoms with Crippen LogP contribution in [0.2, 0.25) is 0 Å². The van der Waals surface area contributed by atoms with E-state index in [2.05, 4.69) is 14.9 Å². The number of anilines is 1. The summed E-state index contributed by atoms with van der Waals surface area (Å²) in [6.07, 6.45) is 3.01. The number of morpholine rings is 1. The maximum Gasteiger partial charge on any atom is 0.210 e. The van der Waals surface area contributed by atoms with E-state index in [4.69, 9.17) is 4.74 Å². The SMILES string of the molecule is O=C1c2ccncc2C(=O)c2c1[nH]c1ccc(N3CCOCC3)cc21. The van der Waals surface area contributed by atoms with Crippen molar-refractivity contribution in [1.29, 1.82) is 0 Å². The van der Waals surface area contributed by atoms with E-state index in [0.29, 0.717) is 35.6 Å². The van der Waals surface area contributed by atoms with Crippen LogP contribution in [-0.2, 0) is 4.74 Å². The summed E-state index contributed by atoms with van der Waals surface area (Å²) in [6, 6.07) is 7.53. The number of nitrogens with one attached hydrogen (secondary N) is 1. The number of pyridine rings is 1. The summed E-state index contributed by atoms with van der Waals surface area (Å²) in [7, 11) is 0. The number of fused-ring (bicyclic) bond motifs is 4. The molecule has 124 valence electrons. The first kappa shape index (κ1) is 14.4. The van der Waals surface area contributed by atoms with Gasteiger partial charge in [0.15, 0.2) is 5.78 Å². The summed E-state index contributed by atoms with van der Waals surface area (Å²) in [5, 5.41) is 0.784. The predicted molar refractivity (Wildman–Crippen MR) is 92.4 cm³/mol. The van der Waals surface area contributed by atoms with Crippen LogP contribution in [0.25, 0.3) is 10.9 Å². The van der Waals surface area contributed by atoms with E-state index in [1.165, 1.54) is 12.4 Å². The highest BCUT2D eigenvalue weighted by molar-refractivity contribution is 6.32. The highest BCUT2D eigenvalue weighted by Crippen LogP contribution is 2.34. The van der Waals surface area contributed by atoms with Gasteiger partial charge in [-0.1, -0.05) is 0 Å². The van der Waals surface area contributed by atoms with Gasteiger partial charge in [0, 0.05) is 47.6 Å². The van der Waals surface area contributed by atoms with E-state index in [1.54, 1.807) is 6.07 Å². The van der Waals surface area contributed by atoms with Gasteiger partial charge in [0.1, 0.15) is 0 Å². The third-order valence-electron chi connectivity index (χ3n) is 4.92. The van der Waals surface area contributed by atoms with Crippen LogP contribution in [0.1, 0.15) is 32.0 Å². The molecule has 25 heavy (non-hydrogen) atoms. The molecule has 0 saturated carbocycles. The smallest absolute Gasteiger partial charge is 0.210 e. The molecule has 1 aliphatic heterocycles. The van der Waals surface area contributed by atoms with Gasteiger partial charge in [-0.25, -0.2) is 0 Å². The van der Waals surface area contributed by atoms with Gasteiger partial charge >= 0.3 is 0 Å². The average Bonchev–Trinajstić information content (AvgIpc) is 3.06. The summed E-state index contributed by atoms with van der Waals surface area (Å²) in [5.74, 6) is -0.306. The van der Waals surface area contributed by atoms with E-state index in [1.807, 2.05) is 18.2 Å². The van der Waals surface area contributed by atoms with Gasteiger partial charge in [0.2, 0.25) is 5.78 Å². The Hall–Kier alpha value is -2.99. The summed E-state index contributed by atoms with van der Waals surface area (Å²) >= 11 is 0. The standard InChI is InChI=1S/C19H15N3O3/c23-18-14-10-20-4-3-12(14)19(24)17-16(18)13-9-11(1-2-15(13)21-17)22-5-7-25-8-6-22/h1-4,9-10,21H,5-8H2. The fourth-order valence-corrected chi connectivity index (χ4v) is 3.65. The first-order valence-electron chi connectivity index (χ1n) is 8.26. The van der Waals surface area contributed by atoms with Crippen LogP contribution >= 0.6 is 0 Å². The van der Waals surface area contributed by atoms with Crippen LogP contribution < -0.4 is 4.90 Å². The lowest BCUT2D eigenvalue weighted by atomic mass is 9.88. The summed E-state index contributed by atoms with van der Waals surface area (Å²) in [6.45, 7) is 3.02. The first-order chi connectivity index (χ1) is 12.2. The van der Waals surface area contributed by atoms with Gasteiger partial charge in [0.05, 0.1) is 30.0 Å². The van der Waals surface area contributed by atoms with Gasteiger partial charge in [-0.05, 0) is 24.3 Å². The topological polar surface area (TPSA) is 75.3 Å². The maximum absolute atomic E-state index is 13.0. The Morgan fingerprint density at radius 3 is 2.72 bits per heavy atom. The molecule has 1 aliphatic carbocycles. The Morgan fingerprint density at radius 1 is 1.04 bits per heavy atom. The molecule has 0 radical (unpaired) electrons. The molecule has 1 aromatic carbocycles. The van der Waals surface area contributed by atoms with Crippen molar-refractivity contribution in [1.82, 2.24) is 9.97 Å². The molecule has 2 aliphatic rings. The number of rotatable bonds is 1. The number of carbonyl (C=O) groups excluding carboxylic acids is 2. The summed E-state index contributed by atoms with van der Waals surface area (Å²) < 4.78 is 5.40. The Labute approximate surface area is 143 Å². The fourth-order valence-electron chi connectivity index (χ4n) is 3.65. The molecule has 0 unspecified atom stereocenters. The average molecular weight is 333 g/mol. The minimum atomic E-state index is -0.156. The lowest BCUT2D eigenvalue weighted by molar-refractivity contribution is 0.0977. The monoisotopic (exact) mass is 333 g/mol. The van der Waals surface area contributed by atoms with Crippen molar-refractivity contribution in [3.05, 3.63) is 59.0 Å². The third kappa shape index (κ3) is 2.04. The van der Waals surface area contributed by atoms with Gasteiger partial charge in [0.25, 0.3) is 0 Å². The van der Waals surface area contributed by atoms with Crippen LogP contribution in [0.5, 0.6) is 0 Å². The number of aromatic nitrogens is 2. The number of benzene rings is 1. The number of ether oxygens (including phenoxy) is 1. The molecule has 6 nitrogen and oxygen atoms in total. The molecular formula is C19H15N3O3. The zero-order chi connectivity index (χ0) is 17.0. The highest BCUT2D eigenvalue weighted by Gasteiger charge is 2.33. The van der Waals surface area contributed by atoms with Crippen molar-refractivity contribution in [3.8, 4) is 0 Å². The zero-order valence-corrected chi connectivity index (χ0v) is 13.4. The Kier molecular flexibility index (Phi) is 3.02. The Morgan fingerprint density at radius 2 is 1.88 bits per heavy atom. The lowest BCUT2D eigenvalue weighted by Gasteiger charge is -2.29. The van der Waals surface area contributed by atoms with Crippen LogP contribution in [0.3, 0.4) is 0 Å². The summed E-state index contributed by atoms with van der Waals surface area (Å²) in [5.41, 5.74) is 3.44. The molecule has 5 rings (SSSR count). The van der Waals surface area contributed by atoms with Crippen molar-refractivity contribution in [2.45, 2.75) is 0 Å². The number of hydrogen-bond donors (Lipinski definition) is 1. The van der Waals surface area contributed by atoms with Crippen molar-refractivity contribution in [3.63, 3.8) is 0 Å². The molecule has 2 aromatic heterocycles. The Bertz CT molecular complexity index is 1030. The second-order valence-corrected chi connectivity index (χ2v) is 6.28. The normalized spacial score (nSPS) is 16.9. The number of aromatic amines is 1. The van der Waals surface area contributed by atoms with Gasteiger partial charge in [-0.2, -0.15) is 0 Å². The van der Waals surface area contributed by atoms with Crippen molar-refractivity contribution in [2.75, 3.05) is 31.2 Å². The van der Waals surface area contributed by atoms with Crippen molar-refractivity contribution < 1.29 is 14.3 Å². The molecule has 0 spiro atoms. The second kappa shape index (κ2) is 5.26. The van der Waals surface area contributed by atoms with Crippen LogP contribution in [0.15, 0.2) is 36.7 Å². The van der Waals surface area contributed by atoms with E-state index in [9.17, 15) is 9.59 Å². The van der Waals surface area contributed by atoms with Crippen LogP contribution in [-0.4, -0.2) is 47.8 Å². The minimum Gasteiger partial charge on any atom is -0.378 e. The molecule has 3 aromatic rings. The minimum absolute atomic E-state index is 0.150. The number of nitrogens with zero attached hydrogens (tertiary/aromatic N) is 2. The van der Waals surface area contributed by atoms with Crippen LogP contribution in [0, 0.1) is 0 Å². The molecular weight excluding hydrogens is 318 g/mol. The predicted octanol–water partition coefficient (Wildman–Crippen LogP) is 2.17. The molecule has 6 heteroatoms. The molecule has 1 N–H and O–H groups in total. The second-order valence-electron chi connectivity index (χ2n) is 6.28. The Balaban J connectivity index is 1.69. The molecule has 1 fully saturated rings. The number of ketones is 2. The third-order valence-corrected chi connectivity index (χ3v) is 4.92. The number of hydrogen-bond acceptors (Lipinski definition) is 5. The summed E-state index contributed by atoms with van der Waals surface area (Å²) in [4.78, 5) is 35.1. The number of H-pyrrole nitrogens is 1. The lowest BCUT2D eigenvalue weighted by Crippen LogP contribution is -2.36. The van der Waals surface area contributed by atoms with E-state index < -0.39 is 0 Å². The molecule has 1 saturated heterocycles. The highest BCUT2D eigenvalue weighted by atomic mass is 16.5. The maximum atomic E-state index is 13.0. The molecule has 3 heterocycles. The number of carbonyl (C=O) groups is 2. The molecule has 0 atom stereocenters. The first-order valence-corrected chi connectivity index (χ1v) is 8.26. The van der Waals surface area contributed by atoms with Gasteiger partial charge in [-0.3, -0.25) is 14.6 Å². The van der Waals surface area contributed by atoms with Crippen molar-refractivity contribution in [2.24, 2.45) is 0 Å². The molecule has 0 bridgehead atoms. The van der Waals surface area contributed by atoms with E-state index in [0.717, 1.165) is 29.7 Å².